The minimum absolute atomic E-state index is 0.124. The van der Waals surface area contributed by atoms with Gasteiger partial charge >= 0.3 is 5.51 Å². The van der Waals surface area contributed by atoms with Crippen LogP contribution in [-0.4, -0.2) is 41.9 Å². The minimum atomic E-state index is -6.09. The average Bonchev–Trinajstić information content (AvgIpc) is 3.46. The molecule has 0 atom stereocenters. The van der Waals surface area contributed by atoms with E-state index in [1.165, 1.54) is 48.2 Å². The van der Waals surface area contributed by atoms with Crippen LogP contribution in [0, 0.1) is 42.6 Å². The number of fused-ring (bicyclic) bond motifs is 4. The average molecular weight is 685 g/mol. The van der Waals surface area contributed by atoms with Crippen LogP contribution in [0.1, 0.15) is 80.9 Å². The summed E-state index contributed by atoms with van der Waals surface area (Å²) in [6.45, 7) is 8.63. The first-order chi connectivity index (χ1) is 23.4. The van der Waals surface area contributed by atoms with E-state index in [2.05, 4.69) is 74.7 Å². The molecule has 2 fully saturated rings. The zero-order valence-corrected chi connectivity index (χ0v) is 27.7. The molecular weight excluding hydrogens is 650 g/mol. The molecule has 11 heteroatoms. The smallest absolute Gasteiger partial charge is 0.485 e. The van der Waals surface area contributed by atoms with Gasteiger partial charge in [0, 0.05) is 34.5 Å². The highest BCUT2D eigenvalue weighted by molar-refractivity contribution is 7.86. The Balaban J connectivity index is 0.000000523. The van der Waals surface area contributed by atoms with Crippen molar-refractivity contribution in [2.75, 3.05) is 18.0 Å². The molecule has 0 bridgehead atoms. The fraction of sp³-hybridized carbons (Fsp3) is 0.395. The Morgan fingerprint density at radius 2 is 1.61 bits per heavy atom. The number of hydrogen-bond donors (Lipinski definition) is 0. The zero-order chi connectivity index (χ0) is 35.5. The van der Waals surface area contributed by atoms with Gasteiger partial charge in [-0.2, -0.15) is 23.0 Å². The van der Waals surface area contributed by atoms with E-state index < -0.39 is 15.6 Å². The van der Waals surface area contributed by atoms with Crippen LogP contribution in [0.25, 0.3) is 4.85 Å². The highest BCUT2D eigenvalue weighted by Crippen LogP contribution is 2.56. The Kier molecular flexibility index (Phi) is 10.1. The molecule has 252 valence electrons. The van der Waals surface area contributed by atoms with Gasteiger partial charge in [-0.15, -0.1) is 12.8 Å². The number of terminal acetylenes is 2. The van der Waals surface area contributed by atoms with Gasteiger partial charge in [0.05, 0.1) is 30.2 Å². The third-order valence-corrected chi connectivity index (χ3v) is 10.7. The predicted octanol–water partition coefficient (Wildman–Crippen LogP) is 7.89. The Labute approximate surface area is 286 Å². The first-order valence-corrected chi connectivity index (χ1v) is 17.5. The van der Waals surface area contributed by atoms with Crippen LogP contribution in [-0.2, 0) is 20.9 Å². The zero-order valence-electron chi connectivity index (χ0n) is 26.9. The van der Waals surface area contributed by atoms with Crippen molar-refractivity contribution in [1.29, 1.82) is 5.26 Å². The summed E-state index contributed by atoms with van der Waals surface area (Å²) in [6, 6.07) is 14.5. The fourth-order valence-corrected chi connectivity index (χ4v) is 8.10. The number of halogens is 3. The van der Waals surface area contributed by atoms with Crippen molar-refractivity contribution in [3.05, 3.63) is 88.4 Å². The van der Waals surface area contributed by atoms with Gasteiger partial charge in [0.1, 0.15) is 0 Å². The van der Waals surface area contributed by atoms with Crippen LogP contribution in [0.2, 0.25) is 0 Å². The van der Waals surface area contributed by atoms with Crippen molar-refractivity contribution in [3.63, 3.8) is 0 Å². The molecule has 2 saturated carbocycles. The summed E-state index contributed by atoms with van der Waals surface area (Å²) in [4.78, 5) is 6.05. The first kappa shape index (κ1) is 35.5. The fourth-order valence-electron chi connectivity index (χ4n) is 8.10. The lowest BCUT2D eigenvalue weighted by atomic mass is 9.67. The molecular formula is C38H35F3N4O3S. The summed E-state index contributed by atoms with van der Waals surface area (Å²) in [5, 5.41) is 9.69. The van der Waals surface area contributed by atoms with E-state index in [1.54, 1.807) is 0 Å². The van der Waals surface area contributed by atoms with Crippen LogP contribution in [0.4, 0.5) is 30.2 Å². The van der Waals surface area contributed by atoms with Crippen molar-refractivity contribution < 1.29 is 30.7 Å². The number of allylic oxidation sites excluding steroid dienone is 4. The molecule has 2 aliphatic heterocycles. The SMILES string of the molecule is O=S(=O)([O-])C(F)(F)F.[C-]#[N+]c1ccc2c(c1)C1(CCCCC1)C(=CC=CC1=[N+](CC#C)c3ccc(C#N)cc3C13CCCCC3)N2CC#C. The molecule has 0 saturated heterocycles. The maximum absolute atomic E-state index is 10.7. The molecule has 2 aromatic rings. The Hall–Kier alpha value is -4.81. The number of nitriles is 1. The van der Waals surface area contributed by atoms with E-state index in [0.717, 1.165) is 49.9 Å². The van der Waals surface area contributed by atoms with E-state index in [0.29, 0.717) is 24.3 Å². The normalized spacial score (nSPS) is 19.8. The van der Waals surface area contributed by atoms with Crippen LogP contribution in [0.3, 0.4) is 0 Å². The van der Waals surface area contributed by atoms with E-state index in [9.17, 15) is 18.4 Å². The van der Waals surface area contributed by atoms with E-state index in [-0.39, 0.29) is 10.8 Å². The molecule has 2 aliphatic carbocycles. The summed E-state index contributed by atoms with van der Waals surface area (Å²) in [6.07, 6.45) is 30.0. The van der Waals surface area contributed by atoms with E-state index in [4.69, 9.17) is 32.4 Å². The Morgan fingerprint density at radius 1 is 0.980 bits per heavy atom. The topological polar surface area (TPSA) is 91.6 Å². The molecule has 2 spiro atoms. The summed E-state index contributed by atoms with van der Waals surface area (Å²) >= 11 is 0. The van der Waals surface area contributed by atoms with E-state index in [1.807, 2.05) is 12.1 Å². The van der Waals surface area contributed by atoms with Gasteiger partial charge in [-0.1, -0.05) is 62.7 Å². The molecule has 7 nitrogen and oxygen atoms in total. The molecule has 0 aromatic heterocycles. The minimum Gasteiger partial charge on any atom is -0.741 e. The molecule has 0 amide bonds. The lowest BCUT2D eigenvalue weighted by Crippen LogP contribution is -2.36. The summed E-state index contributed by atoms with van der Waals surface area (Å²) < 4.78 is 61.2. The van der Waals surface area contributed by atoms with Crippen LogP contribution >= 0.6 is 0 Å². The highest BCUT2D eigenvalue weighted by atomic mass is 32.2. The third-order valence-electron chi connectivity index (χ3n) is 10.1. The van der Waals surface area contributed by atoms with Gasteiger partial charge in [-0.05, 0) is 61.4 Å². The van der Waals surface area contributed by atoms with Gasteiger partial charge in [0.2, 0.25) is 12.2 Å². The quantitative estimate of drug-likeness (QED) is 0.107. The second-order valence-corrected chi connectivity index (χ2v) is 14.1. The van der Waals surface area contributed by atoms with E-state index >= 15 is 0 Å². The van der Waals surface area contributed by atoms with Crippen LogP contribution in [0.15, 0.2) is 60.3 Å². The lowest BCUT2D eigenvalue weighted by molar-refractivity contribution is -0.423. The van der Waals surface area contributed by atoms with Gasteiger partial charge in [0.15, 0.2) is 21.5 Å². The summed E-state index contributed by atoms with van der Waals surface area (Å²) in [5.41, 5.74) is 2.75. The number of anilines is 1. The largest absolute Gasteiger partial charge is 0.741 e. The van der Waals surface area contributed by atoms with Gasteiger partial charge in [0.25, 0.3) is 0 Å². The number of benzene rings is 2. The second kappa shape index (κ2) is 14.0. The predicted molar refractivity (Wildman–Crippen MR) is 181 cm³/mol. The van der Waals surface area contributed by atoms with Crippen molar-refractivity contribution >= 4 is 32.9 Å². The number of hydrogen-bond acceptors (Lipinski definition) is 5. The van der Waals surface area contributed by atoms with Gasteiger partial charge < -0.3 is 9.45 Å². The van der Waals surface area contributed by atoms with Crippen molar-refractivity contribution in [2.45, 2.75) is 80.5 Å². The Morgan fingerprint density at radius 3 is 2.16 bits per heavy atom. The lowest BCUT2D eigenvalue weighted by Gasteiger charge is -2.37. The second-order valence-electron chi connectivity index (χ2n) is 12.7. The molecule has 6 rings (SSSR count). The van der Waals surface area contributed by atoms with Gasteiger partial charge in [-0.3, -0.25) is 0 Å². The molecule has 2 aromatic carbocycles. The van der Waals surface area contributed by atoms with Crippen LogP contribution < -0.4 is 4.90 Å². The number of nitrogens with zero attached hydrogens (tertiary/aromatic N) is 4. The van der Waals surface area contributed by atoms with Crippen LogP contribution in [0.5, 0.6) is 0 Å². The maximum Gasteiger partial charge on any atom is 0.485 e. The van der Waals surface area contributed by atoms with Gasteiger partial charge in [-0.25, -0.2) is 13.3 Å². The Bertz CT molecular complexity index is 2010. The monoisotopic (exact) mass is 684 g/mol. The third kappa shape index (κ3) is 6.50. The molecule has 0 radical (unpaired) electrons. The number of rotatable bonds is 4. The summed E-state index contributed by atoms with van der Waals surface area (Å²) in [7, 11) is -6.09. The number of alkyl halides is 3. The molecule has 0 N–H and O–H groups in total. The summed E-state index contributed by atoms with van der Waals surface area (Å²) in [5.74, 6) is 5.79. The standard InChI is InChI=1S/C37H35N4.CHF3O3S/c1-4-23-40-32-17-15-28(27-38)25-30(32)36(19-8-6-9-20-36)34(40)13-12-14-35-37(21-10-7-11-22-37)31-26-29(39-3)16-18-33(31)41(35)24-5-2;2-1(3,4)8(5,6)7/h1-2,12-18,25-26H,6-11,19-24H2;(H,5,6,7)/q+1;/p-1. The first-order valence-electron chi connectivity index (χ1n) is 16.1. The maximum atomic E-state index is 10.7. The van der Waals surface area contributed by atoms with Crippen molar-refractivity contribution in [2.24, 2.45) is 0 Å². The molecule has 2 heterocycles. The van der Waals surface area contributed by atoms with Crippen molar-refractivity contribution in [3.8, 4) is 30.8 Å². The molecule has 4 aliphatic rings. The van der Waals surface area contributed by atoms with Crippen molar-refractivity contribution in [1.82, 2.24) is 0 Å². The molecule has 49 heavy (non-hydrogen) atoms. The molecule has 0 unspecified atom stereocenters. The highest BCUT2D eigenvalue weighted by Gasteiger charge is 2.52.